The minimum atomic E-state index is -0.414. The third kappa shape index (κ3) is 2.27. The highest BCUT2D eigenvalue weighted by atomic mass is 16.2. The molecule has 2 rings (SSSR count). The Bertz CT molecular complexity index is 771. The zero-order chi connectivity index (χ0) is 15.0. The molecule has 0 saturated carbocycles. The molecule has 0 aliphatic carbocycles. The minimum absolute atomic E-state index is 0.276. The van der Waals surface area contributed by atoms with Gasteiger partial charge in [0.25, 0.3) is 5.56 Å². The standard InChI is InChI=1S/C14H20N4O2/c1-7(2)6-18-12-11(13(19)17-14(18)20)8(3)10(5-15)9(4)16-12/h7H,5-6,15H2,1-4H3,(H,17,19,20). The van der Waals surface area contributed by atoms with E-state index >= 15 is 0 Å². The number of nitrogens with two attached hydrogens (primary N) is 1. The Balaban J connectivity index is 2.96. The van der Waals surface area contributed by atoms with Gasteiger partial charge >= 0.3 is 5.69 Å². The van der Waals surface area contributed by atoms with Crippen LogP contribution in [0.25, 0.3) is 11.0 Å². The van der Waals surface area contributed by atoms with Gasteiger partial charge in [0.2, 0.25) is 0 Å². The monoisotopic (exact) mass is 276 g/mol. The molecule has 0 bridgehead atoms. The molecule has 0 aliphatic heterocycles. The number of aromatic nitrogens is 3. The van der Waals surface area contributed by atoms with E-state index < -0.39 is 11.2 Å². The zero-order valence-electron chi connectivity index (χ0n) is 12.3. The molecule has 2 aromatic rings. The number of rotatable bonds is 3. The summed E-state index contributed by atoms with van der Waals surface area (Å²) in [7, 11) is 0. The first kappa shape index (κ1) is 14.5. The molecule has 6 nitrogen and oxygen atoms in total. The normalized spacial score (nSPS) is 11.5. The second-order valence-electron chi connectivity index (χ2n) is 5.47. The van der Waals surface area contributed by atoms with Gasteiger partial charge in [-0.3, -0.25) is 14.3 Å². The third-order valence-corrected chi connectivity index (χ3v) is 3.46. The first-order valence-corrected chi connectivity index (χ1v) is 6.69. The Morgan fingerprint density at radius 1 is 1.30 bits per heavy atom. The van der Waals surface area contributed by atoms with Crippen molar-refractivity contribution >= 4 is 11.0 Å². The molecule has 0 spiro atoms. The number of nitrogens with one attached hydrogen (secondary N) is 1. The molecule has 0 saturated heterocycles. The molecule has 0 radical (unpaired) electrons. The molecule has 0 amide bonds. The summed E-state index contributed by atoms with van der Waals surface area (Å²) in [6, 6.07) is 0. The number of H-pyrrole nitrogens is 1. The lowest BCUT2D eigenvalue weighted by molar-refractivity contribution is 0.512. The van der Waals surface area contributed by atoms with Crippen molar-refractivity contribution in [1.82, 2.24) is 14.5 Å². The van der Waals surface area contributed by atoms with Gasteiger partial charge in [0.15, 0.2) is 0 Å². The highest BCUT2D eigenvalue weighted by Gasteiger charge is 2.16. The summed E-state index contributed by atoms with van der Waals surface area (Å²) in [5, 5.41) is 0.455. The van der Waals surface area contributed by atoms with Crippen LogP contribution in [0.3, 0.4) is 0 Å². The molecule has 2 aromatic heterocycles. The van der Waals surface area contributed by atoms with Crippen molar-refractivity contribution < 1.29 is 0 Å². The van der Waals surface area contributed by atoms with Gasteiger partial charge in [0, 0.05) is 18.8 Å². The second kappa shape index (κ2) is 5.20. The van der Waals surface area contributed by atoms with Gasteiger partial charge in [-0.25, -0.2) is 9.78 Å². The van der Waals surface area contributed by atoms with Gasteiger partial charge in [-0.2, -0.15) is 0 Å². The van der Waals surface area contributed by atoms with Crippen molar-refractivity contribution in [3.63, 3.8) is 0 Å². The highest BCUT2D eigenvalue weighted by molar-refractivity contribution is 5.79. The second-order valence-corrected chi connectivity index (χ2v) is 5.47. The van der Waals surface area contributed by atoms with E-state index in [-0.39, 0.29) is 5.92 Å². The van der Waals surface area contributed by atoms with Crippen molar-refractivity contribution in [1.29, 1.82) is 0 Å². The highest BCUT2D eigenvalue weighted by Crippen LogP contribution is 2.19. The summed E-state index contributed by atoms with van der Waals surface area (Å²) < 4.78 is 1.53. The van der Waals surface area contributed by atoms with E-state index in [2.05, 4.69) is 9.97 Å². The average molecular weight is 276 g/mol. The molecule has 108 valence electrons. The number of nitrogens with zero attached hydrogens (tertiary/aromatic N) is 2. The summed E-state index contributed by atoms with van der Waals surface area (Å²) in [5.41, 5.74) is 7.78. The van der Waals surface area contributed by atoms with Crippen LogP contribution in [0.2, 0.25) is 0 Å². The molecular formula is C14H20N4O2. The number of pyridine rings is 1. The summed E-state index contributed by atoms with van der Waals surface area (Å²) in [6.45, 7) is 8.55. The fourth-order valence-corrected chi connectivity index (χ4v) is 2.50. The molecule has 0 fully saturated rings. The summed E-state index contributed by atoms with van der Waals surface area (Å²) in [4.78, 5) is 30.9. The van der Waals surface area contributed by atoms with Gasteiger partial charge in [-0.1, -0.05) is 13.8 Å². The third-order valence-electron chi connectivity index (χ3n) is 3.46. The van der Waals surface area contributed by atoms with E-state index in [1.807, 2.05) is 27.7 Å². The van der Waals surface area contributed by atoms with Crippen molar-refractivity contribution in [2.45, 2.75) is 40.8 Å². The minimum Gasteiger partial charge on any atom is -0.326 e. The molecule has 20 heavy (non-hydrogen) atoms. The van der Waals surface area contributed by atoms with E-state index in [4.69, 9.17) is 5.73 Å². The first-order valence-electron chi connectivity index (χ1n) is 6.69. The fourth-order valence-electron chi connectivity index (χ4n) is 2.50. The molecule has 3 N–H and O–H groups in total. The number of aryl methyl sites for hydroxylation is 2. The summed E-state index contributed by atoms with van der Waals surface area (Å²) in [5.74, 6) is 0.276. The van der Waals surface area contributed by atoms with Crippen LogP contribution in [-0.2, 0) is 13.1 Å². The average Bonchev–Trinajstić information content (AvgIpc) is 2.33. The Morgan fingerprint density at radius 2 is 1.95 bits per heavy atom. The first-order chi connectivity index (χ1) is 9.36. The van der Waals surface area contributed by atoms with Crippen LogP contribution in [0.5, 0.6) is 0 Å². The molecule has 0 unspecified atom stereocenters. The maximum atomic E-state index is 12.1. The lowest BCUT2D eigenvalue weighted by atomic mass is 10.0. The Hall–Kier alpha value is -1.95. The van der Waals surface area contributed by atoms with Gasteiger partial charge in [0.1, 0.15) is 5.65 Å². The van der Waals surface area contributed by atoms with Crippen molar-refractivity contribution in [3.8, 4) is 0 Å². The van der Waals surface area contributed by atoms with E-state index in [9.17, 15) is 9.59 Å². The van der Waals surface area contributed by atoms with E-state index in [0.717, 1.165) is 16.8 Å². The van der Waals surface area contributed by atoms with Gasteiger partial charge in [-0.05, 0) is 30.9 Å². The smallest absolute Gasteiger partial charge is 0.326 e. The van der Waals surface area contributed by atoms with E-state index in [1.54, 1.807) is 0 Å². The fraction of sp³-hybridized carbons (Fsp3) is 0.500. The lowest BCUT2D eigenvalue weighted by Crippen LogP contribution is -2.33. The van der Waals surface area contributed by atoms with Gasteiger partial charge < -0.3 is 5.73 Å². The zero-order valence-corrected chi connectivity index (χ0v) is 12.3. The summed E-state index contributed by atoms with van der Waals surface area (Å²) >= 11 is 0. The van der Waals surface area contributed by atoms with E-state index in [1.165, 1.54) is 4.57 Å². The number of fused-ring (bicyclic) bond motifs is 1. The predicted octanol–water partition coefficient (Wildman–Crippen LogP) is 0.816. The van der Waals surface area contributed by atoms with Crippen molar-refractivity contribution in [2.75, 3.05) is 0 Å². The lowest BCUT2D eigenvalue weighted by Gasteiger charge is -2.15. The van der Waals surface area contributed by atoms with Crippen LogP contribution in [-0.4, -0.2) is 14.5 Å². The number of hydrogen-bond acceptors (Lipinski definition) is 4. The number of hydrogen-bond donors (Lipinski definition) is 2. The largest absolute Gasteiger partial charge is 0.330 e. The van der Waals surface area contributed by atoms with Crippen LogP contribution in [0.4, 0.5) is 0 Å². The Morgan fingerprint density at radius 3 is 2.50 bits per heavy atom. The van der Waals surface area contributed by atoms with Crippen LogP contribution in [0.15, 0.2) is 9.59 Å². The van der Waals surface area contributed by atoms with Crippen molar-refractivity contribution in [3.05, 3.63) is 37.7 Å². The predicted molar refractivity (Wildman–Crippen MR) is 78.8 cm³/mol. The van der Waals surface area contributed by atoms with Crippen LogP contribution in [0.1, 0.15) is 30.7 Å². The summed E-state index contributed by atoms with van der Waals surface area (Å²) in [6.07, 6.45) is 0. The van der Waals surface area contributed by atoms with E-state index in [0.29, 0.717) is 24.1 Å². The number of aromatic amines is 1. The topological polar surface area (TPSA) is 93.8 Å². The molecule has 0 atom stereocenters. The molecule has 6 heteroatoms. The molecule has 0 aromatic carbocycles. The van der Waals surface area contributed by atoms with Gasteiger partial charge in [-0.15, -0.1) is 0 Å². The quantitative estimate of drug-likeness (QED) is 0.867. The Labute approximate surface area is 116 Å². The SMILES string of the molecule is Cc1nc2c(c(C)c1CN)c(=O)[nH]c(=O)n2CC(C)C. The maximum absolute atomic E-state index is 12.1. The molecule has 0 aliphatic rings. The van der Waals surface area contributed by atoms with Gasteiger partial charge in [0.05, 0.1) is 5.39 Å². The Kier molecular flexibility index (Phi) is 3.76. The molecular weight excluding hydrogens is 256 g/mol. The van der Waals surface area contributed by atoms with Crippen LogP contribution < -0.4 is 17.0 Å². The molecule has 2 heterocycles. The van der Waals surface area contributed by atoms with Crippen LogP contribution >= 0.6 is 0 Å². The van der Waals surface area contributed by atoms with Crippen molar-refractivity contribution in [2.24, 2.45) is 11.7 Å². The van der Waals surface area contributed by atoms with Crippen LogP contribution in [0, 0.1) is 19.8 Å². The maximum Gasteiger partial charge on any atom is 0.330 e.